The number of likely N-dealkylation sites (N-methyl/N-ethyl adjacent to an activating group) is 1. The van der Waals surface area contributed by atoms with Gasteiger partial charge in [-0.3, -0.25) is 4.68 Å². The Labute approximate surface area is 115 Å². The van der Waals surface area contributed by atoms with E-state index in [2.05, 4.69) is 48.7 Å². The lowest BCUT2D eigenvalue weighted by molar-refractivity contribution is 0.556. The molecule has 0 bridgehead atoms. The molecule has 1 heterocycles. The minimum absolute atomic E-state index is 0.450. The van der Waals surface area contributed by atoms with Crippen molar-refractivity contribution in [3.05, 3.63) is 52.8 Å². The van der Waals surface area contributed by atoms with Crippen molar-refractivity contribution < 1.29 is 0 Å². The van der Waals surface area contributed by atoms with Gasteiger partial charge in [0, 0.05) is 19.3 Å². The molecule has 1 aromatic heterocycles. The van der Waals surface area contributed by atoms with Crippen molar-refractivity contribution in [2.24, 2.45) is 7.05 Å². The number of nitrogens with one attached hydrogen (secondary N) is 1. The first-order chi connectivity index (χ1) is 9.08. The number of hydrogen-bond acceptors (Lipinski definition) is 2. The molecule has 0 aliphatic rings. The van der Waals surface area contributed by atoms with Crippen molar-refractivity contribution in [1.82, 2.24) is 15.1 Å². The molecule has 2 aromatic rings. The summed E-state index contributed by atoms with van der Waals surface area (Å²) in [6.45, 7) is 4.33. The van der Waals surface area contributed by atoms with Crippen molar-refractivity contribution in [1.29, 1.82) is 0 Å². The molecule has 1 unspecified atom stereocenters. The second-order valence-corrected chi connectivity index (χ2v) is 5.33. The van der Waals surface area contributed by atoms with Gasteiger partial charge in [-0.2, -0.15) is 5.10 Å². The highest BCUT2D eigenvalue weighted by atomic mass is 15.2. The predicted octanol–water partition coefficient (Wildman–Crippen LogP) is 2.41. The monoisotopic (exact) mass is 257 g/mol. The molecule has 19 heavy (non-hydrogen) atoms. The minimum Gasteiger partial charge on any atom is -0.316 e. The Morgan fingerprint density at radius 3 is 2.47 bits per heavy atom. The van der Waals surface area contributed by atoms with E-state index in [0.29, 0.717) is 6.04 Å². The van der Waals surface area contributed by atoms with Crippen LogP contribution in [0.5, 0.6) is 0 Å². The Balaban J connectivity index is 2.04. The molecular weight excluding hydrogens is 234 g/mol. The summed E-state index contributed by atoms with van der Waals surface area (Å²) in [5.41, 5.74) is 5.41. The predicted molar refractivity (Wildman–Crippen MR) is 79.4 cm³/mol. The van der Waals surface area contributed by atoms with Gasteiger partial charge in [0.25, 0.3) is 0 Å². The molecule has 0 fully saturated rings. The second-order valence-electron chi connectivity index (χ2n) is 5.33. The van der Waals surface area contributed by atoms with E-state index >= 15 is 0 Å². The lowest BCUT2D eigenvalue weighted by atomic mass is 9.98. The van der Waals surface area contributed by atoms with Crippen LogP contribution in [0.3, 0.4) is 0 Å². The largest absolute Gasteiger partial charge is 0.316 e. The number of hydrogen-bond donors (Lipinski definition) is 1. The fourth-order valence-electron chi connectivity index (χ4n) is 2.35. The van der Waals surface area contributed by atoms with Gasteiger partial charge >= 0.3 is 0 Å². The Kier molecular flexibility index (Phi) is 4.38. The summed E-state index contributed by atoms with van der Waals surface area (Å²) < 4.78 is 1.86. The molecule has 0 saturated heterocycles. The van der Waals surface area contributed by atoms with Crippen molar-refractivity contribution in [3.63, 3.8) is 0 Å². The Morgan fingerprint density at radius 1 is 1.16 bits per heavy atom. The van der Waals surface area contributed by atoms with Crippen LogP contribution >= 0.6 is 0 Å². The van der Waals surface area contributed by atoms with Gasteiger partial charge in [-0.15, -0.1) is 0 Å². The summed E-state index contributed by atoms with van der Waals surface area (Å²) in [5, 5.41) is 7.63. The highest BCUT2D eigenvalue weighted by Crippen LogP contribution is 2.13. The standard InChI is InChI=1S/C16H23N3/c1-12-5-6-14(7-13(12)2)8-16(17-3)9-15-10-18-19(4)11-15/h5-7,10-11,16-17H,8-9H2,1-4H3. The van der Waals surface area contributed by atoms with Crippen LogP contribution in [0, 0.1) is 13.8 Å². The minimum atomic E-state index is 0.450. The molecule has 1 atom stereocenters. The first-order valence-corrected chi connectivity index (χ1v) is 6.79. The smallest absolute Gasteiger partial charge is 0.0522 e. The quantitative estimate of drug-likeness (QED) is 0.891. The first kappa shape index (κ1) is 13.8. The third-order valence-corrected chi connectivity index (χ3v) is 3.70. The van der Waals surface area contributed by atoms with Gasteiger partial charge in [0.2, 0.25) is 0 Å². The molecule has 0 amide bonds. The van der Waals surface area contributed by atoms with E-state index in [0.717, 1.165) is 12.8 Å². The van der Waals surface area contributed by atoms with Gasteiger partial charge < -0.3 is 5.32 Å². The molecular formula is C16H23N3. The van der Waals surface area contributed by atoms with E-state index in [1.165, 1.54) is 22.3 Å². The van der Waals surface area contributed by atoms with E-state index in [1.807, 2.05) is 25.0 Å². The van der Waals surface area contributed by atoms with Crippen LogP contribution in [0.15, 0.2) is 30.6 Å². The summed E-state index contributed by atoms with van der Waals surface area (Å²) in [4.78, 5) is 0. The Morgan fingerprint density at radius 2 is 1.89 bits per heavy atom. The first-order valence-electron chi connectivity index (χ1n) is 6.79. The van der Waals surface area contributed by atoms with Gasteiger partial charge in [0.05, 0.1) is 6.20 Å². The fraction of sp³-hybridized carbons (Fsp3) is 0.438. The molecule has 3 heteroatoms. The van der Waals surface area contributed by atoms with Crippen molar-refractivity contribution in [3.8, 4) is 0 Å². The summed E-state index contributed by atoms with van der Waals surface area (Å²) in [7, 11) is 3.99. The highest BCUT2D eigenvalue weighted by molar-refractivity contribution is 5.30. The second kappa shape index (κ2) is 6.02. The van der Waals surface area contributed by atoms with Crippen molar-refractivity contribution >= 4 is 0 Å². The number of benzene rings is 1. The SMILES string of the molecule is CNC(Cc1ccc(C)c(C)c1)Cc1cnn(C)c1. The van der Waals surface area contributed by atoms with Crippen LogP contribution in [0.25, 0.3) is 0 Å². The Hall–Kier alpha value is -1.61. The van der Waals surface area contributed by atoms with Gasteiger partial charge in [-0.25, -0.2) is 0 Å². The van der Waals surface area contributed by atoms with E-state index in [1.54, 1.807) is 0 Å². The van der Waals surface area contributed by atoms with E-state index in [4.69, 9.17) is 0 Å². The molecule has 2 rings (SSSR count). The molecule has 0 spiro atoms. The van der Waals surface area contributed by atoms with Crippen LogP contribution < -0.4 is 5.32 Å². The summed E-state index contributed by atoms with van der Waals surface area (Å²) in [6.07, 6.45) is 6.10. The fourth-order valence-corrected chi connectivity index (χ4v) is 2.35. The lowest BCUT2D eigenvalue weighted by Crippen LogP contribution is -2.29. The van der Waals surface area contributed by atoms with Crippen LogP contribution in [0.4, 0.5) is 0 Å². The van der Waals surface area contributed by atoms with E-state index in [9.17, 15) is 0 Å². The number of nitrogens with zero attached hydrogens (tertiary/aromatic N) is 2. The maximum atomic E-state index is 4.23. The van der Waals surface area contributed by atoms with Crippen molar-refractivity contribution in [2.45, 2.75) is 32.7 Å². The van der Waals surface area contributed by atoms with Gasteiger partial charge in [0.15, 0.2) is 0 Å². The average Bonchev–Trinajstić information content (AvgIpc) is 2.78. The normalized spacial score (nSPS) is 12.6. The van der Waals surface area contributed by atoms with Gasteiger partial charge in [0.1, 0.15) is 0 Å². The zero-order valence-corrected chi connectivity index (χ0v) is 12.3. The summed E-state index contributed by atoms with van der Waals surface area (Å²) in [6, 6.07) is 7.19. The summed E-state index contributed by atoms with van der Waals surface area (Å²) >= 11 is 0. The van der Waals surface area contributed by atoms with Crippen LogP contribution in [0.1, 0.15) is 22.3 Å². The van der Waals surface area contributed by atoms with Gasteiger partial charge in [-0.05, 0) is 56.0 Å². The highest BCUT2D eigenvalue weighted by Gasteiger charge is 2.10. The third-order valence-electron chi connectivity index (χ3n) is 3.70. The molecule has 0 aliphatic carbocycles. The van der Waals surface area contributed by atoms with Gasteiger partial charge in [-0.1, -0.05) is 18.2 Å². The maximum Gasteiger partial charge on any atom is 0.0522 e. The average molecular weight is 257 g/mol. The van der Waals surface area contributed by atoms with Crippen LogP contribution in [-0.2, 0) is 19.9 Å². The Bertz CT molecular complexity index is 543. The molecule has 0 radical (unpaired) electrons. The zero-order valence-electron chi connectivity index (χ0n) is 12.3. The topological polar surface area (TPSA) is 29.9 Å². The maximum absolute atomic E-state index is 4.23. The third kappa shape index (κ3) is 3.67. The zero-order chi connectivity index (χ0) is 13.8. The lowest BCUT2D eigenvalue weighted by Gasteiger charge is -2.16. The molecule has 1 N–H and O–H groups in total. The molecule has 102 valence electrons. The van der Waals surface area contributed by atoms with Crippen LogP contribution in [-0.4, -0.2) is 22.9 Å². The number of aromatic nitrogens is 2. The van der Waals surface area contributed by atoms with Crippen molar-refractivity contribution in [2.75, 3.05) is 7.05 Å². The van der Waals surface area contributed by atoms with E-state index in [-0.39, 0.29) is 0 Å². The van der Waals surface area contributed by atoms with Crippen LogP contribution in [0.2, 0.25) is 0 Å². The molecule has 0 aliphatic heterocycles. The number of aryl methyl sites for hydroxylation is 3. The molecule has 3 nitrogen and oxygen atoms in total. The molecule has 1 aromatic carbocycles. The molecule has 0 saturated carbocycles. The van der Waals surface area contributed by atoms with E-state index < -0.39 is 0 Å². The number of rotatable bonds is 5. The summed E-state index contributed by atoms with van der Waals surface area (Å²) in [5.74, 6) is 0.